The summed E-state index contributed by atoms with van der Waals surface area (Å²) in [5.74, 6) is -0.408. The van der Waals surface area contributed by atoms with E-state index in [4.69, 9.17) is 0 Å². The second kappa shape index (κ2) is 8.13. The van der Waals surface area contributed by atoms with Crippen LogP contribution in [0.3, 0.4) is 0 Å². The van der Waals surface area contributed by atoms with Crippen molar-refractivity contribution in [2.75, 3.05) is 25.5 Å². The van der Waals surface area contributed by atoms with E-state index in [2.05, 4.69) is 22.3 Å². The highest BCUT2D eigenvalue weighted by Gasteiger charge is 2.05. The van der Waals surface area contributed by atoms with Crippen LogP contribution in [-0.2, 0) is 9.53 Å². The number of ether oxygens (including phenoxy) is 1. The van der Waals surface area contributed by atoms with E-state index in [0.29, 0.717) is 12.1 Å². The van der Waals surface area contributed by atoms with E-state index in [1.807, 2.05) is 0 Å². The molecular formula is C14H20N2O3. The molecule has 5 nitrogen and oxygen atoms in total. The summed E-state index contributed by atoms with van der Waals surface area (Å²) in [6.45, 7) is 3.01. The Morgan fingerprint density at radius 3 is 2.47 bits per heavy atom. The van der Waals surface area contributed by atoms with E-state index in [9.17, 15) is 9.59 Å². The predicted molar refractivity (Wildman–Crippen MR) is 74.2 cm³/mol. The number of hydrogen-bond donors (Lipinski definition) is 2. The Morgan fingerprint density at radius 2 is 1.89 bits per heavy atom. The molecule has 1 aromatic carbocycles. The zero-order valence-corrected chi connectivity index (χ0v) is 11.4. The van der Waals surface area contributed by atoms with Gasteiger partial charge in [0.1, 0.15) is 0 Å². The van der Waals surface area contributed by atoms with Crippen LogP contribution in [0.2, 0.25) is 0 Å². The molecule has 0 aromatic heterocycles. The molecule has 0 aliphatic rings. The molecular weight excluding hydrogens is 244 g/mol. The van der Waals surface area contributed by atoms with Crippen LogP contribution in [0.5, 0.6) is 0 Å². The first-order valence-electron chi connectivity index (χ1n) is 6.36. The number of anilines is 1. The number of rotatable bonds is 7. The molecule has 0 heterocycles. The summed E-state index contributed by atoms with van der Waals surface area (Å²) in [5.41, 5.74) is 1.28. The predicted octanol–water partition coefficient (Wildman–Crippen LogP) is 1.80. The number of amides is 1. The van der Waals surface area contributed by atoms with Crippen LogP contribution in [0.1, 0.15) is 30.1 Å². The summed E-state index contributed by atoms with van der Waals surface area (Å²) in [4.78, 5) is 22.7. The average Bonchev–Trinajstić information content (AvgIpc) is 2.45. The highest BCUT2D eigenvalue weighted by molar-refractivity contribution is 5.89. The molecule has 0 atom stereocenters. The van der Waals surface area contributed by atoms with Gasteiger partial charge in [-0.2, -0.15) is 0 Å². The Balaban J connectivity index is 2.37. The Hall–Kier alpha value is -2.04. The summed E-state index contributed by atoms with van der Waals surface area (Å²) in [7, 11) is 1.34. The third-order valence-corrected chi connectivity index (χ3v) is 2.61. The molecule has 0 spiro atoms. The van der Waals surface area contributed by atoms with Crippen molar-refractivity contribution in [2.24, 2.45) is 0 Å². The molecule has 2 N–H and O–H groups in total. The summed E-state index contributed by atoms with van der Waals surface area (Å²) in [6.07, 6.45) is 2.04. The van der Waals surface area contributed by atoms with Crippen molar-refractivity contribution in [1.82, 2.24) is 5.32 Å². The van der Waals surface area contributed by atoms with E-state index >= 15 is 0 Å². The second-order valence-electron chi connectivity index (χ2n) is 4.13. The fourth-order valence-corrected chi connectivity index (χ4v) is 1.49. The molecule has 0 fully saturated rings. The van der Waals surface area contributed by atoms with Crippen molar-refractivity contribution in [1.29, 1.82) is 0 Å². The lowest BCUT2D eigenvalue weighted by Crippen LogP contribution is -2.30. The van der Waals surface area contributed by atoms with E-state index in [0.717, 1.165) is 18.5 Å². The van der Waals surface area contributed by atoms with Gasteiger partial charge in [0.25, 0.3) is 0 Å². The zero-order valence-electron chi connectivity index (χ0n) is 11.4. The van der Waals surface area contributed by atoms with Crippen molar-refractivity contribution < 1.29 is 14.3 Å². The van der Waals surface area contributed by atoms with Gasteiger partial charge >= 0.3 is 5.97 Å². The minimum atomic E-state index is -0.371. The van der Waals surface area contributed by atoms with Crippen LogP contribution >= 0.6 is 0 Å². The summed E-state index contributed by atoms with van der Waals surface area (Å²) >= 11 is 0. The molecule has 1 aromatic rings. The van der Waals surface area contributed by atoms with Crippen LogP contribution < -0.4 is 10.6 Å². The molecule has 0 saturated carbocycles. The Morgan fingerprint density at radius 1 is 1.21 bits per heavy atom. The highest BCUT2D eigenvalue weighted by Crippen LogP contribution is 2.09. The minimum Gasteiger partial charge on any atom is -0.465 e. The number of esters is 1. The number of benzene rings is 1. The SMILES string of the molecule is CCCCNC(=O)CNc1ccc(C(=O)OC)cc1. The molecule has 19 heavy (non-hydrogen) atoms. The fraction of sp³-hybridized carbons (Fsp3) is 0.429. The normalized spacial score (nSPS) is 9.79. The van der Waals surface area contributed by atoms with Crippen molar-refractivity contribution in [3.05, 3.63) is 29.8 Å². The van der Waals surface area contributed by atoms with Crippen LogP contribution in [-0.4, -0.2) is 32.1 Å². The molecule has 1 amide bonds. The van der Waals surface area contributed by atoms with Gasteiger partial charge in [0.2, 0.25) is 5.91 Å². The van der Waals surface area contributed by atoms with Crippen LogP contribution in [0.4, 0.5) is 5.69 Å². The first-order chi connectivity index (χ1) is 9.17. The van der Waals surface area contributed by atoms with Crippen LogP contribution in [0.25, 0.3) is 0 Å². The van der Waals surface area contributed by atoms with Gasteiger partial charge in [-0.15, -0.1) is 0 Å². The van der Waals surface area contributed by atoms with Gasteiger partial charge in [0.05, 0.1) is 19.2 Å². The van der Waals surface area contributed by atoms with Crippen LogP contribution in [0, 0.1) is 0 Å². The zero-order chi connectivity index (χ0) is 14.1. The third kappa shape index (κ3) is 5.42. The van der Waals surface area contributed by atoms with E-state index in [1.54, 1.807) is 24.3 Å². The number of carbonyl (C=O) groups excluding carboxylic acids is 2. The Labute approximate surface area is 113 Å². The first-order valence-corrected chi connectivity index (χ1v) is 6.36. The molecule has 104 valence electrons. The van der Waals surface area contributed by atoms with Gasteiger partial charge < -0.3 is 15.4 Å². The van der Waals surface area contributed by atoms with Crippen LogP contribution in [0.15, 0.2) is 24.3 Å². The number of nitrogens with one attached hydrogen (secondary N) is 2. The number of carbonyl (C=O) groups is 2. The standard InChI is InChI=1S/C14H20N2O3/c1-3-4-9-15-13(17)10-16-12-7-5-11(6-8-12)14(18)19-2/h5-8,16H,3-4,9-10H2,1-2H3,(H,15,17). The van der Waals surface area contributed by atoms with Gasteiger partial charge in [0.15, 0.2) is 0 Å². The van der Waals surface area contributed by atoms with Gasteiger partial charge in [-0.3, -0.25) is 4.79 Å². The topological polar surface area (TPSA) is 67.4 Å². The van der Waals surface area contributed by atoms with Gasteiger partial charge in [-0.25, -0.2) is 4.79 Å². The Kier molecular flexibility index (Phi) is 6.43. The maximum atomic E-state index is 11.5. The molecule has 0 unspecified atom stereocenters. The lowest BCUT2D eigenvalue weighted by atomic mass is 10.2. The van der Waals surface area contributed by atoms with E-state index in [-0.39, 0.29) is 18.4 Å². The van der Waals surface area contributed by atoms with Gasteiger partial charge in [-0.1, -0.05) is 13.3 Å². The highest BCUT2D eigenvalue weighted by atomic mass is 16.5. The van der Waals surface area contributed by atoms with E-state index < -0.39 is 0 Å². The molecule has 0 bridgehead atoms. The molecule has 1 rings (SSSR count). The lowest BCUT2D eigenvalue weighted by molar-refractivity contribution is -0.119. The summed E-state index contributed by atoms with van der Waals surface area (Å²) < 4.78 is 4.61. The minimum absolute atomic E-state index is 0.0366. The monoisotopic (exact) mass is 264 g/mol. The Bertz CT molecular complexity index is 415. The van der Waals surface area contributed by atoms with E-state index in [1.165, 1.54) is 7.11 Å². The number of unbranched alkanes of at least 4 members (excludes halogenated alkanes) is 1. The fourth-order valence-electron chi connectivity index (χ4n) is 1.49. The van der Waals surface area contributed by atoms with Gasteiger partial charge in [0, 0.05) is 12.2 Å². The molecule has 0 saturated heterocycles. The van der Waals surface area contributed by atoms with Crippen molar-refractivity contribution in [3.8, 4) is 0 Å². The maximum Gasteiger partial charge on any atom is 0.337 e. The van der Waals surface area contributed by atoms with Crippen molar-refractivity contribution >= 4 is 17.6 Å². The molecule has 0 aliphatic heterocycles. The largest absolute Gasteiger partial charge is 0.465 e. The lowest BCUT2D eigenvalue weighted by Gasteiger charge is -2.07. The number of methoxy groups -OCH3 is 1. The molecule has 0 aliphatic carbocycles. The molecule has 5 heteroatoms. The first kappa shape index (κ1) is 15.0. The number of hydrogen-bond acceptors (Lipinski definition) is 4. The third-order valence-electron chi connectivity index (χ3n) is 2.61. The van der Waals surface area contributed by atoms with Crippen molar-refractivity contribution in [3.63, 3.8) is 0 Å². The molecule has 0 radical (unpaired) electrons. The summed E-state index contributed by atoms with van der Waals surface area (Å²) in [6, 6.07) is 6.80. The summed E-state index contributed by atoms with van der Waals surface area (Å²) in [5, 5.41) is 5.81. The smallest absolute Gasteiger partial charge is 0.337 e. The average molecular weight is 264 g/mol. The van der Waals surface area contributed by atoms with Crippen molar-refractivity contribution in [2.45, 2.75) is 19.8 Å². The second-order valence-corrected chi connectivity index (χ2v) is 4.13. The van der Waals surface area contributed by atoms with Gasteiger partial charge in [-0.05, 0) is 30.7 Å². The maximum absolute atomic E-state index is 11.5. The quantitative estimate of drug-likeness (QED) is 0.582.